The molecule has 3 saturated carbocycles. The van der Waals surface area contributed by atoms with E-state index in [4.69, 9.17) is 0 Å². The van der Waals surface area contributed by atoms with Crippen LogP contribution in [0.15, 0.2) is 11.6 Å². The first-order valence-corrected chi connectivity index (χ1v) is 8.96. The second-order valence-corrected chi connectivity index (χ2v) is 8.41. The van der Waals surface area contributed by atoms with Gasteiger partial charge in [-0.25, -0.2) is 0 Å². The Morgan fingerprint density at radius 2 is 2.14 bits per heavy atom. The van der Waals surface area contributed by atoms with Crippen molar-refractivity contribution in [3.63, 3.8) is 0 Å². The zero-order valence-electron chi connectivity index (χ0n) is 13.2. The van der Waals surface area contributed by atoms with Crippen molar-refractivity contribution in [1.29, 1.82) is 0 Å². The lowest BCUT2D eigenvalue weighted by Gasteiger charge is -2.55. The summed E-state index contributed by atoms with van der Waals surface area (Å²) in [4.78, 5) is 11.8. The molecule has 0 aromatic rings. The highest BCUT2D eigenvalue weighted by atomic mass is 16.3. The number of hydrogen-bond donors (Lipinski definition) is 1. The molecular weight excluding hydrogens is 260 g/mol. The summed E-state index contributed by atoms with van der Waals surface area (Å²) in [6, 6.07) is 0. The third-order valence-corrected chi connectivity index (χ3v) is 7.48. The van der Waals surface area contributed by atoms with Crippen LogP contribution in [-0.4, -0.2) is 17.5 Å². The van der Waals surface area contributed by atoms with Crippen molar-refractivity contribution in [1.82, 2.24) is 0 Å². The second-order valence-electron chi connectivity index (χ2n) is 8.41. The van der Waals surface area contributed by atoms with E-state index in [2.05, 4.69) is 6.92 Å². The predicted molar refractivity (Wildman–Crippen MR) is 82.7 cm³/mol. The SMILES string of the molecule is C[C@@]12CCC[C@H]1[C@@H]1C(CO)CC3=CC(=O)CC[C@@H]3[C@H]1CC2. The molecule has 4 rings (SSSR count). The number of carbonyl (C=O) groups is 1. The van der Waals surface area contributed by atoms with E-state index in [1.54, 1.807) is 0 Å². The summed E-state index contributed by atoms with van der Waals surface area (Å²) in [7, 11) is 0. The molecule has 0 saturated heterocycles. The van der Waals surface area contributed by atoms with Gasteiger partial charge in [-0.3, -0.25) is 4.79 Å². The number of carbonyl (C=O) groups excluding carboxylic acids is 1. The van der Waals surface area contributed by atoms with Crippen molar-refractivity contribution in [3.05, 3.63) is 11.6 Å². The van der Waals surface area contributed by atoms with Crippen LogP contribution in [0, 0.1) is 35.0 Å². The molecule has 21 heavy (non-hydrogen) atoms. The largest absolute Gasteiger partial charge is 0.396 e. The summed E-state index contributed by atoms with van der Waals surface area (Å²) in [5.41, 5.74) is 1.92. The molecule has 2 heteroatoms. The van der Waals surface area contributed by atoms with Gasteiger partial charge in [-0.2, -0.15) is 0 Å². The van der Waals surface area contributed by atoms with E-state index >= 15 is 0 Å². The Morgan fingerprint density at radius 1 is 1.29 bits per heavy atom. The van der Waals surface area contributed by atoms with E-state index in [1.807, 2.05) is 6.08 Å². The van der Waals surface area contributed by atoms with E-state index in [0.29, 0.717) is 35.6 Å². The van der Waals surface area contributed by atoms with E-state index in [-0.39, 0.29) is 0 Å². The average Bonchev–Trinajstić information content (AvgIpc) is 2.87. The van der Waals surface area contributed by atoms with Crippen molar-refractivity contribution in [2.45, 2.75) is 58.3 Å². The molecule has 0 bridgehead atoms. The molecule has 0 radical (unpaired) electrons. The van der Waals surface area contributed by atoms with Gasteiger partial charge < -0.3 is 5.11 Å². The molecule has 4 aliphatic rings. The van der Waals surface area contributed by atoms with Crippen molar-refractivity contribution < 1.29 is 9.90 Å². The number of aliphatic hydroxyl groups excluding tert-OH is 1. The highest BCUT2D eigenvalue weighted by Crippen LogP contribution is 2.62. The molecule has 1 N–H and O–H groups in total. The lowest BCUT2D eigenvalue weighted by atomic mass is 9.50. The smallest absolute Gasteiger partial charge is 0.155 e. The Balaban J connectivity index is 1.70. The summed E-state index contributed by atoms with van der Waals surface area (Å²) in [6.45, 7) is 2.82. The molecule has 0 amide bonds. The molecule has 6 atom stereocenters. The number of fused-ring (bicyclic) bond motifs is 5. The van der Waals surface area contributed by atoms with E-state index in [1.165, 1.54) is 37.7 Å². The zero-order chi connectivity index (χ0) is 14.6. The molecule has 0 aromatic heterocycles. The van der Waals surface area contributed by atoms with Crippen LogP contribution in [0.2, 0.25) is 0 Å². The van der Waals surface area contributed by atoms with Crippen LogP contribution in [0.25, 0.3) is 0 Å². The van der Waals surface area contributed by atoms with Crippen LogP contribution in [0.5, 0.6) is 0 Å². The average molecular weight is 288 g/mol. The zero-order valence-corrected chi connectivity index (χ0v) is 13.2. The van der Waals surface area contributed by atoms with E-state index in [9.17, 15) is 9.90 Å². The van der Waals surface area contributed by atoms with Crippen LogP contribution in [0.1, 0.15) is 58.3 Å². The van der Waals surface area contributed by atoms with Gasteiger partial charge in [0.05, 0.1) is 0 Å². The molecular formula is C19H28O2. The highest BCUT2D eigenvalue weighted by Gasteiger charge is 2.55. The fourth-order valence-electron chi connectivity index (χ4n) is 6.56. The monoisotopic (exact) mass is 288 g/mol. The van der Waals surface area contributed by atoms with Crippen LogP contribution < -0.4 is 0 Å². The molecule has 4 aliphatic carbocycles. The van der Waals surface area contributed by atoms with E-state index in [0.717, 1.165) is 31.1 Å². The van der Waals surface area contributed by atoms with Gasteiger partial charge in [0.25, 0.3) is 0 Å². The molecule has 1 unspecified atom stereocenters. The van der Waals surface area contributed by atoms with Crippen molar-refractivity contribution in [2.75, 3.05) is 6.61 Å². The summed E-state index contributed by atoms with van der Waals surface area (Å²) < 4.78 is 0. The third kappa shape index (κ3) is 2.05. The summed E-state index contributed by atoms with van der Waals surface area (Å²) in [6.07, 6.45) is 11.6. The lowest BCUT2D eigenvalue weighted by Crippen LogP contribution is -2.49. The molecule has 0 aromatic carbocycles. The maximum Gasteiger partial charge on any atom is 0.155 e. The first-order chi connectivity index (χ1) is 10.1. The van der Waals surface area contributed by atoms with Gasteiger partial charge in [-0.1, -0.05) is 18.9 Å². The molecule has 0 aliphatic heterocycles. The molecule has 116 valence electrons. The Kier molecular flexibility index (Phi) is 3.29. The highest BCUT2D eigenvalue weighted by molar-refractivity contribution is 5.91. The van der Waals surface area contributed by atoms with Gasteiger partial charge in [0.1, 0.15) is 0 Å². The number of aliphatic hydroxyl groups is 1. The Hall–Kier alpha value is -0.630. The molecule has 2 nitrogen and oxygen atoms in total. The van der Waals surface area contributed by atoms with Gasteiger partial charge in [-0.05, 0) is 79.6 Å². The topological polar surface area (TPSA) is 37.3 Å². The van der Waals surface area contributed by atoms with Gasteiger partial charge in [0.2, 0.25) is 0 Å². The van der Waals surface area contributed by atoms with Crippen LogP contribution in [0.3, 0.4) is 0 Å². The maximum atomic E-state index is 11.8. The molecule has 3 fully saturated rings. The van der Waals surface area contributed by atoms with Crippen molar-refractivity contribution in [2.24, 2.45) is 35.0 Å². The Morgan fingerprint density at radius 3 is 2.95 bits per heavy atom. The van der Waals surface area contributed by atoms with Crippen LogP contribution in [-0.2, 0) is 4.79 Å². The predicted octanol–water partition coefficient (Wildman–Crippen LogP) is 3.74. The second kappa shape index (κ2) is 4.94. The summed E-state index contributed by atoms with van der Waals surface area (Å²) in [5, 5.41) is 9.98. The number of allylic oxidation sites excluding steroid dienone is 1. The Labute approximate surface area is 128 Å². The minimum atomic E-state index is 0.312. The minimum Gasteiger partial charge on any atom is -0.396 e. The first-order valence-electron chi connectivity index (χ1n) is 8.96. The van der Waals surface area contributed by atoms with Gasteiger partial charge >= 0.3 is 0 Å². The number of hydrogen-bond acceptors (Lipinski definition) is 2. The van der Waals surface area contributed by atoms with E-state index < -0.39 is 0 Å². The summed E-state index contributed by atoms with van der Waals surface area (Å²) >= 11 is 0. The van der Waals surface area contributed by atoms with Crippen molar-refractivity contribution >= 4 is 5.78 Å². The Bertz CT molecular complexity index is 480. The van der Waals surface area contributed by atoms with Gasteiger partial charge in [-0.15, -0.1) is 0 Å². The number of ketones is 1. The number of rotatable bonds is 1. The van der Waals surface area contributed by atoms with Crippen LogP contribution >= 0.6 is 0 Å². The summed E-state index contributed by atoms with van der Waals surface area (Å²) in [5.74, 6) is 3.66. The fraction of sp³-hybridized carbons (Fsp3) is 0.842. The quantitative estimate of drug-likeness (QED) is 0.798. The molecule has 0 spiro atoms. The van der Waals surface area contributed by atoms with Gasteiger partial charge in [0, 0.05) is 13.0 Å². The lowest BCUT2D eigenvalue weighted by molar-refractivity contribution is -0.116. The molecule has 0 heterocycles. The first kappa shape index (κ1) is 14.0. The normalized spacial score (nSPS) is 49.1. The maximum absolute atomic E-state index is 11.8. The van der Waals surface area contributed by atoms with Crippen LogP contribution in [0.4, 0.5) is 0 Å². The van der Waals surface area contributed by atoms with Gasteiger partial charge in [0.15, 0.2) is 5.78 Å². The van der Waals surface area contributed by atoms with Crippen molar-refractivity contribution in [3.8, 4) is 0 Å². The fourth-order valence-corrected chi connectivity index (χ4v) is 6.56. The standard InChI is InChI=1S/C19H28O2/c1-19-7-2-3-17(19)18-13(11-20)9-12-10-14(21)4-5-15(12)16(18)6-8-19/h10,13,15-18,20H,2-9,11H2,1H3/t13?,15-,16+,17-,18+,19-/m0/s1. The minimum absolute atomic E-state index is 0.312. The third-order valence-electron chi connectivity index (χ3n) is 7.48.